The summed E-state index contributed by atoms with van der Waals surface area (Å²) in [7, 11) is 4.84. The number of hydrogen-bond donors (Lipinski definition) is 2. The van der Waals surface area contributed by atoms with Crippen molar-refractivity contribution in [3.8, 4) is 11.5 Å². The molecule has 2 aromatic carbocycles. The molecule has 0 saturated carbocycles. The number of esters is 1. The summed E-state index contributed by atoms with van der Waals surface area (Å²) < 4.78 is 16.1. The molecule has 1 atom stereocenters. The van der Waals surface area contributed by atoms with Gasteiger partial charge in [0.25, 0.3) is 5.91 Å². The Hall–Kier alpha value is -3.59. The summed E-state index contributed by atoms with van der Waals surface area (Å²) in [5.41, 5.74) is 2.87. The van der Waals surface area contributed by atoms with Crippen molar-refractivity contribution in [2.24, 2.45) is 5.92 Å². The first-order valence-corrected chi connectivity index (χ1v) is 11.6. The fraction of sp³-hybridized carbons (Fsp3) is 0.346. The Labute approximate surface area is 211 Å². The number of allylic oxidation sites excluding steroid dienone is 1. The smallest absolute Gasteiger partial charge is 0.338 e. The second-order valence-electron chi connectivity index (χ2n) is 8.58. The summed E-state index contributed by atoms with van der Waals surface area (Å²) in [5.74, 6) is 0.456. The third-order valence-corrected chi connectivity index (χ3v) is 6.04. The summed E-state index contributed by atoms with van der Waals surface area (Å²) >= 11 is 5.48. The molecule has 8 nitrogen and oxygen atoms in total. The largest absolute Gasteiger partial charge is 0.497 e. The van der Waals surface area contributed by atoms with Gasteiger partial charge in [-0.2, -0.15) is 0 Å². The van der Waals surface area contributed by atoms with Gasteiger partial charge in [-0.25, -0.2) is 4.79 Å². The van der Waals surface area contributed by atoms with Gasteiger partial charge in [-0.05, 0) is 54.9 Å². The van der Waals surface area contributed by atoms with Crippen LogP contribution in [-0.4, -0.2) is 49.8 Å². The van der Waals surface area contributed by atoms with Gasteiger partial charge in [0, 0.05) is 24.5 Å². The van der Waals surface area contributed by atoms with Crippen LogP contribution in [0.5, 0.6) is 11.5 Å². The van der Waals surface area contributed by atoms with Gasteiger partial charge in [-0.1, -0.05) is 26.0 Å². The van der Waals surface area contributed by atoms with E-state index in [1.54, 1.807) is 43.3 Å². The van der Waals surface area contributed by atoms with E-state index < -0.39 is 12.0 Å². The molecular formula is C26H31N3O5S. The third-order valence-electron chi connectivity index (χ3n) is 5.65. The number of carbonyl (C=O) groups excluding carboxylic acids is 2. The lowest BCUT2D eigenvalue weighted by Gasteiger charge is -2.35. The Morgan fingerprint density at radius 1 is 1.14 bits per heavy atom. The Bertz CT molecular complexity index is 1160. The summed E-state index contributed by atoms with van der Waals surface area (Å²) in [6, 6.07) is 11.7. The second-order valence-corrected chi connectivity index (χ2v) is 8.97. The van der Waals surface area contributed by atoms with E-state index >= 15 is 0 Å². The van der Waals surface area contributed by atoms with Crippen LogP contribution in [0.1, 0.15) is 42.7 Å². The molecule has 35 heavy (non-hydrogen) atoms. The molecule has 1 unspecified atom stereocenters. The third kappa shape index (κ3) is 5.92. The van der Waals surface area contributed by atoms with Gasteiger partial charge in [0.2, 0.25) is 0 Å². The Kier molecular flexibility index (Phi) is 8.34. The van der Waals surface area contributed by atoms with E-state index in [1.807, 2.05) is 39.0 Å². The van der Waals surface area contributed by atoms with Crippen molar-refractivity contribution in [2.75, 3.05) is 33.2 Å². The van der Waals surface area contributed by atoms with Gasteiger partial charge in [0.1, 0.15) is 11.5 Å². The molecule has 0 saturated heterocycles. The molecule has 0 bridgehead atoms. The SMILES string of the molecule is COc1ccc(C(=O)Nc2cccc(C3NC(=S)N(C)C(C)=C3C(=O)OCC(C)C)c2)c(OC)c1. The first-order valence-electron chi connectivity index (χ1n) is 11.2. The number of nitrogens with one attached hydrogen (secondary N) is 2. The van der Waals surface area contributed by atoms with Crippen molar-refractivity contribution < 1.29 is 23.8 Å². The maximum atomic E-state index is 13.0. The summed E-state index contributed by atoms with van der Waals surface area (Å²) in [6.45, 7) is 6.12. The molecule has 1 aliphatic rings. The van der Waals surface area contributed by atoms with Gasteiger partial charge < -0.3 is 29.7 Å². The molecule has 1 aliphatic heterocycles. The van der Waals surface area contributed by atoms with Gasteiger partial charge >= 0.3 is 5.97 Å². The van der Waals surface area contributed by atoms with Crippen molar-refractivity contribution in [1.29, 1.82) is 0 Å². The molecule has 1 heterocycles. The van der Waals surface area contributed by atoms with Gasteiger partial charge in [0.05, 0.1) is 38.0 Å². The highest BCUT2D eigenvalue weighted by molar-refractivity contribution is 7.80. The molecule has 9 heteroatoms. The van der Waals surface area contributed by atoms with Crippen molar-refractivity contribution in [3.63, 3.8) is 0 Å². The number of amides is 1. The van der Waals surface area contributed by atoms with Crippen LogP contribution in [0.4, 0.5) is 5.69 Å². The van der Waals surface area contributed by atoms with E-state index in [-0.39, 0.29) is 11.8 Å². The Morgan fingerprint density at radius 2 is 1.89 bits per heavy atom. The normalized spacial score (nSPS) is 15.6. The van der Waals surface area contributed by atoms with Crippen molar-refractivity contribution >= 4 is 34.9 Å². The average Bonchev–Trinajstić information content (AvgIpc) is 2.85. The van der Waals surface area contributed by atoms with Crippen molar-refractivity contribution in [3.05, 3.63) is 64.9 Å². The van der Waals surface area contributed by atoms with E-state index in [0.717, 1.165) is 5.56 Å². The van der Waals surface area contributed by atoms with E-state index in [2.05, 4.69) is 10.6 Å². The fourth-order valence-corrected chi connectivity index (χ4v) is 3.91. The first kappa shape index (κ1) is 26.0. The van der Waals surface area contributed by atoms with E-state index in [4.69, 9.17) is 26.4 Å². The van der Waals surface area contributed by atoms with Crippen LogP contribution in [0.2, 0.25) is 0 Å². The monoisotopic (exact) mass is 497 g/mol. The molecule has 0 aromatic heterocycles. The zero-order valence-corrected chi connectivity index (χ0v) is 21.6. The zero-order chi connectivity index (χ0) is 25.7. The summed E-state index contributed by atoms with van der Waals surface area (Å²) in [4.78, 5) is 27.8. The molecule has 2 N–H and O–H groups in total. The van der Waals surface area contributed by atoms with Crippen molar-refractivity contribution in [1.82, 2.24) is 10.2 Å². The van der Waals surface area contributed by atoms with E-state index in [1.165, 1.54) is 7.11 Å². The predicted molar refractivity (Wildman–Crippen MR) is 139 cm³/mol. The van der Waals surface area contributed by atoms with Crippen LogP contribution < -0.4 is 20.1 Å². The van der Waals surface area contributed by atoms with Crippen LogP contribution in [0, 0.1) is 5.92 Å². The number of benzene rings is 2. The topological polar surface area (TPSA) is 89.1 Å². The Balaban J connectivity index is 1.91. The number of ether oxygens (including phenoxy) is 3. The second kappa shape index (κ2) is 11.2. The molecule has 0 radical (unpaired) electrons. The minimum atomic E-state index is -0.522. The number of rotatable bonds is 8. The quantitative estimate of drug-likeness (QED) is 0.413. The van der Waals surface area contributed by atoms with Gasteiger partial charge in [0.15, 0.2) is 5.11 Å². The maximum Gasteiger partial charge on any atom is 0.338 e. The highest BCUT2D eigenvalue weighted by Gasteiger charge is 2.33. The summed E-state index contributed by atoms with van der Waals surface area (Å²) in [6.07, 6.45) is 0. The number of methoxy groups -OCH3 is 2. The minimum Gasteiger partial charge on any atom is -0.497 e. The highest BCUT2D eigenvalue weighted by Crippen LogP contribution is 2.32. The molecule has 1 amide bonds. The zero-order valence-electron chi connectivity index (χ0n) is 20.8. The molecule has 186 valence electrons. The maximum absolute atomic E-state index is 13.0. The number of hydrogen-bond acceptors (Lipinski definition) is 6. The molecule has 0 aliphatic carbocycles. The molecule has 0 spiro atoms. The average molecular weight is 498 g/mol. The number of anilines is 1. The lowest BCUT2D eigenvalue weighted by atomic mass is 9.94. The number of thiocarbonyl (C=S) groups is 1. The predicted octanol–water partition coefficient (Wildman–Crippen LogP) is 4.29. The van der Waals surface area contributed by atoms with Crippen LogP contribution in [0.3, 0.4) is 0 Å². The van der Waals surface area contributed by atoms with Crippen LogP contribution in [0.25, 0.3) is 0 Å². The Morgan fingerprint density at radius 3 is 2.54 bits per heavy atom. The van der Waals surface area contributed by atoms with Gasteiger partial charge in [-0.15, -0.1) is 0 Å². The number of carbonyl (C=O) groups is 2. The van der Waals surface area contributed by atoms with Crippen molar-refractivity contribution in [2.45, 2.75) is 26.8 Å². The number of nitrogens with zero attached hydrogens (tertiary/aromatic N) is 1. The summed E-state index contributed by atoms with van der Waals surface area (Å²) in [5, 5.41) is 6.62. The molecule has 2 aromatic rings. The van der Waals surface area contributed by atoms with Crippen LogP contribution >= 0.6 is 12.2 Å². The lowest BCUT2D eigenvalue weighted by molar-refractivity contribution is -0.140. The fourth-order valence-electron chi connectivity index (χ4n) is 3.65. The molecule has 0 fully saturated rings. The van der Waals surface area contributed by atoms with E-state index in [0.29, 0.717) is 45.7 Å². The molecular weight excluding hydrogens is 466 g/mol. The first-order chi connectivity index (χ1) is 16.7. The standard InChI is InChI=1S/C26H31N3O5S/c1-15(2)14-34-25(31)22-16(3)29(4)26(35)28-23(22)17-8-7-9-18(12-17)27-24(30)20-11-10-19(32-5)13-21(20)33-6/h7-13,15,23H,14H2,1-6H3,(H,27,30)(H,28,35). The van der Waals surface area contributed by atoms with Crippen LogP contribution in [0.15, 0.2) is 53.7 Å². The minimum absolute atomic E-state index is 0.210. The van der Waals surface area contributed by atoms with Crippen LogP contribution in [-0.2, 0) is 9.53 Å². The highest BCUT2D eigenvalue weighted by atomic mass is 32.1. The van der Waals surface area contributed by atoms with Gasteiger partial charge in [-0.3, -0.25) is 4.79 Å². The lowest BCUT2D eigenvalue weighted by Crippen LogP contribution is -2.46. The van der Waals surface area contributed by atoms with E-state index in [9.17, 15) is 9.59 Å². The molecule has 3 rings (SSSR count).